The molecule has 1 aromatic carbocycles. The topological polar surface area (TPSA) is 29.5 Å². The molecule has 0 atom stereocenters. The van der Waals surface area contributed by atoms with Crippen molar-refractivity contribution in [1.82, 2.24) is 4.90 Å². The van der Waals surface area contributed by atoms with Gasteiger partial charge in [-0.15, -0.1) is 0 Å². The normalized spacial score (nSPS) is 11.1. The number of ether oxygens (including phenoxy) is 1. The third-order valence-electron chi connectivity index (χ3n) is 2.88. The minimum absolute atomic E-state index is 0.0933. The van der Waals surface area contributed by atoms with Crippen LogP contribution in [0.4, 0.5) is 0 Å². The van der Waals surface area contributed by atoms with Gasteiger partial charge in [0.1, 0.15) is 5.75 Å². The Bertz CT molecular complexity index is 427. The van der Waals surface area contributed by atoms with Gasteiger partial charge in [-0.1, -0.05) is 13.8 Å². The summed E-state index contributed by atoms with van der Waals surface area (Å²) in [4.78, 5) is 13.7. The molecular formula is C16H25NO2. The molecule has 0 radical (unpaired) electrons. The summed E-state index contributed by atoms with van der Waals surface area (Å²) in [6.45, 7) is 10.4. The van der Waals surface area contributed by atoms with E-state index in [1.165, 1.54) is 0 Å². The average Bonchev–Trinajstić information content (AvgIpc) is 2.30. The minimum atomic E-state index is 0.0933. The average molecular weight is 263 g/mol. The first-order valence-corrected chi connectivity index (χ1v) is 6.89. The van der Waals surface area contributed by atoms with E-state index in [9.17, 15) is 4.79 Å². The van der Waals surface area contributed by atoms with Crippen LogP contribution in [0, 0.1) is 5.92 Å². The van der Waals surface area contributed by atoms with E-state index < -0.39 is 0 Å². The molecule has 106 valence electrons. The summed E-state index contributed by atoms with van der Waals surface area (Å²) in [5.41, 5.74) is 1.83. The van der Waals surface area contributed by atoms with Gasteiger partial charge >= 0.3 is 0 Å². The van der Waals surface area contributed by atoms with Crippen LogP contribution in [-0.2, 0) is 6.54 Å². The Morgan fingerprint density at radius 3 is 2.58 bits per heavy atom. The molecule has 1 rings (SSSR count). The van der Waals surface area contributed by atoms with E-state index in [4.69, 9.17) is 4.74 Å². The van der Waals surface area contributed by atoms with Crippen LogP contribution in [0.5, 0.6) is 5.75 Å². The van der Waals surface area contributed by atoms with E-state index in [0.717, 1.165) is 30.0 Å². The highest BCUT2D eigenvalue weighted by Gasteiger charge is 2.10. The maximum Gasteiger partial charge on any atom is 0.159 e. The van der Waals surface area contributed by atoms with Gasteiger partial charge < -0.3 is 9.64 Å². The number of carbonyl (C=O) groups excluding carboxylic acids is 1. The molecule has 3 heteroatoms. The van der Waals surface area contributed by atoms with Crippen LogP contribution < -0.4 is 4.74 Å². The van der Waals surface area contributed by atoms with E-state index in [-0.39, 0.29) is 5.78 Å². The predicted molar refractivity (Wildman–Crippen MR) is 78.8 cm³/mol. The van der Waals surface area contributed by atoms with Gasteiger partial charge in [0.25, 0.3) is 0 Å². The molecule has 0 unspecified atom stereocenters. The van der Waals surface area contributed by atoms with E-state index in [2.05, 4.69) is 25.8 Å². The van der Waals surface area contributed by atoms with Crippen molar-refractivity contribution in [1.29, 1.82) is 0 Å². The summed E-state index contributed by atoms with van der Waals surface area (Å²) >= 11 is 0. The van der Waals surface area contributed by atoms with Crippen molar-refractivity contribution in [2.24, 2.45) is 5.92 Å². The van der Waals surface area contributed by atoms with Crippen molar-refractivity contribution >= 4 is 5.78 Å². The van der Waals surface area contributed by atoms with E-state index in [0.29, 0.717) is 12.5 Å². The van der Waals surface area contributed by atoms with Crippen molar-refractivity contribution in [3.05, 3.63) is 29.3 Å². The summed E-state index contributed by atoms with van der Waals surface area (Å²) < 4.78 is 5.64. The lowest BCUT2D eigenvalue weighted by atomic mass is 10.1. The number of Topliss-reactive ketones (excluding diaryl/α,β-unsaturated/α-hetero) is 1. The molecule has 0 saturated carbocycles. The monoisotopic (exact) mass is 263 g/mol. The van der Waals surface area contributed by atoms with Crippen LogP contribution in [0.25, 0.3) is 0 Å². The van der Waals surface area contributed by atoms with Crippen LogP contribution in [0.1, 0.15) is 43.6 Å². The second kappa shape index (κ2) is 7.29. The fourth-order valence-corrected chi connectivity index (χ4v) is 2.20. The molecule has 0 amide bonds. The molecule has 3 nitrogen and oxygen atoms in total. The number of hydrogen-bond acceptors (Lipinski definition) is 3. The van der Waals surface area contributed by atoms with Crippen LogP contribution in [-0.4, -0.2) is 30.9 Å². The molecule has 0 fully saturated rings. The van der Waals surface area contributed by atoms with E-state index in [1.54, 1.807) is 6.92 Å². The lowest BCUT2D eigenvalue weighted by molar-refractivity contribution is 0.101. The minimum Gasteiger partial charge on any atom is -0.494 e. The summed E-state index contributed by atoms with van der Waals surface area (Å²) in [6.07, 6.45) is 0. The van der Waals surface area contributed by atoms with Gasteiger partial charge in [-0.3, -0.25) is 4.79 Å². The molecule has 0 bridgehead atoms. The van der Waals surface area contributed by atoms with Crippen molar-refractivity contribution in [3.8, 4) is 5.75 Å². The van der Waals surface area contributed by atoms with Crippen LogP contribution in [0.3, 0.4) is 0 Å². The largest absolute Gasteiger partial charge is 0.494 e. The first kappa shape index (κ1) is 15.7. The van der Waals surface area contributed by atoms with Crippen molar-refractivity contribution < 1.29 is 9.53 Å². The zero-order chi connectivity index (χ0) is 14.4. The molecule has 0 heterocycles. The number of rotatable bonds is 7. The number of carbonyl (C=O) groups is 1. The molecule has 0 N–H and O–H groups in total. The Morgan fingerprint density at radius 2 is 2.05 bits per heavy atom. The van der Waals surface area contributed by atoms with Crippen LogP contribution >= 0.6 is 0 Å². The Hall–Kier alpha value is -1.35. The molecule has 19 heavy (non-hydrogen) atoms. The zero-order valence-corrected chi connectivity index (χ0v) is 12.7. The Morgan fingerprint density at radius 1 is 1.37 bits per heavy atom. The highest BCUT2D eigenvalue weighted by atomic mass is 16.5. The standard InChI is InChI=1S/C16H25NO2/c1-6-19-16-8-7-14(13(4)18)9-15(16)11-17(5)10-12(2)3/h7-9,12H,6,10-11H2,1-5H3. The fourth-order valence-electron chi connectivity index (χ4n) is 2.20. The molecule has 0 aliphatic heterocycles. The van der Waals surface area contributed by atoms with E-state index in [1.807, 2.05) is 25.1 Å². The second-order valence-corrected chi connectivity index (χ2v) is 5.40. The van der Waals surface area contributed by atoms with Crippen LogP contribution in [0.2, 0.25) is 0 Å². The van der Waals surface area contributed by atoms with Crippen molar-refractivity contribution in [3.63, 3.8) is 0 Å². The Kier molecular flexibility index (Phi) is 6.03. The molecule has 0 spiro atoms. The van der Waals surface area contributed by atoms with Gasteiger partial charge in [-0.05, 0) is 45.0 Å². The maximum atomic E-state index is 11.5. The molecule has 0 aliphatic carbocycles. The molecular weight excluding hydrogens is 238 g/mol. The zero-order valence-electron chi connectivity index (χ0n) is 12.7. The SMILES string of the molecule is CCOc1ccc(C(C)=O)cc1CN(C)CC(C)C. The fraction of sp³-hybridized carbons (Fsp3) is 0.562. The first-order valence-electron chi connectivity index (χ1n) is 6.89. The van der Waals surface area contributed by atoms with E-state index >= 15 is 0 Å². The Balaban J connectivity index is 2.93. The van der Waals surface area contributed by atoms with Gasteiger partial charge in [0.15, 0.2) is 5.78 Å². The van der Waals surface area contributed by atoms with Crippen molar-refractivity contribution in [2.75, 3.05) is 20.2 Å². The predicted octanol–water partition coefficient (Wildman–Crippen LogP) is 3.38. The first-order chi connectivity index (χ1) is 8.93. The Labute approximate surface area is 116 Å². The van der Waals surface area contributed by atoms with Crippen molar-refractivity contribution in [2.45, 2.75) is 34.2 Å². The molecule has 0 saturated heterocycles. The summed E-state index contributed by atoms with van der Waals surface area (Å²) in [5.74, 6) is 1.59. The third-order valence-corrected chi connectivity index (χ3v) is 2.88. The number of hydrogen-bond donors (Lipinski definition) is 0. The summed E-state index contributed by atoms with van der Waals surface area (Å²) in [5, 5.41) is 0. The lowest BCUT2D eigenvalue weighted by Gasteiger charge is -2.21. The van der Waals surface area contributed by atoms with Gasteiger partial charge in [0.05, 0.1) is 6.61 Å². The maximum absolute atomic E-state index is 11.5. The van der Waals surface area contributed by atoms with Gasteiger partial charge in [0, 0.05) is 24.2 Å². The summed E-state index contributed by atoms with van der Waals surface area (Å²) in [7, 11) is 2.09. The van der Waals surface area contributed by atoms with Gasteiger partial charge in [-0.2, -0.15) is 0 Å². The number of benzene rings is 1. The molecule has 1 aromatic rings. The quantitative estimate of drug-likeness (QED) is 0.706. The second-order valence-electron chi connectivity index (χ2n) is 5.40. The van der Waals surface area contributed by atoms with Gasteiger partial charge in [-0.25, -0.2) is 0 Å². The highest BCUT2D eigenvalue weighted by Crippen LogP contribution is 2.22. The highest BCUT2D eigenvalue weighted by molar-refractivity contribution is 5.94. The number of ketones is 1. The molecule has 0 aromatic heterocycles. The summed E-state index contributed by atoms with van der Waals surface area (Å²) in [6, 6.07) is 5.68. The third kappa shape index (κ3) is 5.03. The number of nitrogens with zero attached hydrogens (tertiary/aromatic N) is 1. The smallest absolute Gasteiger partial charge is 0.159 e. The van der Waals surface area contributed by atoms with Crippen LogP contribution in [0.15, 0.2) is 18.2 Å². The molecule has 0 aliphatic rings. The van der Waals surface area contributed by atoms with Gasteiger partial charge in [0.2, 0.25) is 0 Å². The lowest BCUT2D eigenvalue weighted by Crippen LogP contribution is -2.23.